The van der Waals surface area contributed by atoms with Gasteiger partial charge in [-0.2, -0.15) is 0 Å². The Kier molecular flexibility index (Phi) is 3.52. The fourth-order valence-electron chi connectivity index (χ4n) is 3.08. The first-order chi connectivity index (χ1) is 12.4. The van der Waals surface area contributed by atoms with Gasteiger partial charge in [0.15, 0.2) is 5.16 Å². The first-order valence-corrected chi connectivity index (χ1v) is 9.22. The lowest BCUT2D eigenvalue weighted by molar-refractivity contribution is 0.669. The van der Waals surface area contributed by atoms with Crippen LogP contribution in [-0.2, 0) is 0 Å². The molecule has 2 aromatic carbocycles. The quantitative estimate of drug-likeness (QED) is 0.490. The Hall–Kier alpha value is -2.66. The second-order valence-electron chi connectivity index (χ2n) is 6.19. The lowest BCUT2D eigenvalue weighted by Gasteiger charge is -2.11. The van der Waals surface area contributed by atoms with Crippen LogP contribution in [0.15, 0.2) is 77.3 Å². The van der Waals surface area contributed by atoms with Gasteiger partial charge in [-0.15, -0.1) is 0 Å². The molecule has 5 rings (SSSR count). The van der Waals surface area contributed by atoms with Crippen molar-refractivity contribution < 1.29 is 0 Å². The molecule has 0 spiro atoms. The largest absolute Gasteiger partial charge is 0.316 e. The van der Waals surface area contributed by atoms with E-state index in [-0.39, 0.29) is 0 Å². The van der Waals surface area contributed by atoms with Crippen LogP contribution >= 0.6 is 11.8 Å². The summed E-state index contributed by atoms with van der Waals surface area (Å²) in [6, 6.07) is 19.1. The Morgan fingerprint density at radius 1 is 0.880 bits per heavy atom. The summed E-state index contributed by atoms with van der Waals surface area (Å²) in [5, 5.41) is 3.03. The van der Waals surface area contributed by atoms with Gasteiger partial charge in [-0.25, -0.2) is 15.0 Å². The van der Waals surface area contributed by atoms with E-state index in [0.717, 1.165) is 21.1 Å². The topological polar surface area (TPSA) is 43.6 Å². The van der Waals surface area contributed by atoms with Gasteiger partial charge in [-0.05, 0) is 36.2 Å². The maximum Gasteiger partial charge on any atom is 0.175 e. The van der Waals surface area contributed by atoms with E-state index in [1.807, 2.05) is 30.5 Å². The normalized spacial score (nSPS) is 14.1. The highest BCUT2D eigenvalue weighted by Crippen LogP contribution is 2.43. The first kappa shape index (κ1) is 14.7. The smallest absolute Gasteiger partial charge is 0.175 e. The summed E-state index contributed by atoms with van der Waals surface area (Å²) in [5.41, 5.74) is 3.36. The van der Waals surface area contributed by atoms with Crippen molar-refractivity contribution >= 4 is 22.7 Å². The zero-order valence-electron chi connectivity index (χ0n) is 13.5. The number of aromatic nitrogens is 4. The molecule has 1 saturated carbocycles. The standard InChI is InChI=1S/C20H16N4S/c1-2-6-14(7-3-1)18-12-21-20(24(18)15-10-11-15)25-19-16-8-4-5-9-17(16)22-13-23-19/h1-9,12-13,15H,10-11H2. The molecule has 2 aromatic heterocycles. The summed E-state index contributed by atoms with van der Waals surface area (Å²) in [6.07, 6.45) is 6.05. The van der Waals surface area contributed by atoms with Crippen LogP contribution < -0.4 is 0 Å². The van der Waals surface area contributed by atoms with Gasteiger partial charge >= 0.3 is 0 Å². The molecule has 1 aliphatic carbocycles. The summed E-state index contributed by atoms with van der Waals surface area (Å²) in [5.74, 6) is 0. The molecule has 122 valence electrons. The number of para-hydroxylation sites is 1. The molecule has 0 aliphatic heterocycles. The molecular formula is C20H16N4S. The summed E-state index contributed by atoms with van der Waals surface area (Å²) in [4.78, 5) is 13.6. The molecule has 0 unspecified atom stereocenters. The molecule has 0 radical (unpaired) electrons. The predicted octanol–water partition coefficient (Wildman–Crippen LogP) is 4.98. The molecule has 1 aliphatic rings. The van der Waals surface area contributed by atoms with Crippen molar-refractivity contribution in [1.82, 2.24) is 19.5 Å². The third-order valence-electron chi connectivity index (χ3n) is 4.44. The van der Waals surface area contributed by atoms with Crippen LogP contribution in [0.25, 0.3) is 22.2 Å². The number of hydrogen-bond donors (Lipinski definition) is 0. The lowest BCUT2D eigenvalue weighted by atomic mass is 10.2. The van der Waals surface area contributed by atoms with Crippen LogP contribution in [0.5, 0.6) is 0 Å². The van der Waals surface area contributed by atoms with Gasteiger partial charge in [0.2, 0.25) is 0 Å². The summed E-state index contributed by atoms with van der Waals surface area (Å²) in [6.45, 7) is 0. The minimum absolute atomic E-state index is 0.549. The molecule has 0 bridgehead atoms. The van der Waals surface area contributed by atoms with E-state index < -0.39 is 0 Å². The molecule has 4 aromatic rings. The van der Waals surface area contributed by atoms with E-state index >= 15 is 0 Å². The number of nitrogens with zero attached hydrogens (tertiary/aromatic N) is 4. The summed E-state index contributed by atoms with van der Waals surface area (Å²) >= 11 is 1.63. The van der Waals surface area contributed by atoms with Crippen molar-refractivity contribution in [2.75, 3.05) is 0 Å². The highest BCUT2D eigenvalue weighted by molar-refractivity contribution is 7.99. The molecule has 1 fully saturated rings. The number of fused-ring (bicyclic) bond motifs is 1. The zero-order valence-corrected chi connectivity index (χ0v) is 14.4. The highest BCUT2D eigenvalue weighted by atomic mass is 32.2. The van der Waals surface area contributed by atoms with Crippen molar-refractivity contribution in [2.45, 2.75) is 29.1 Å². The van der Waals surface area contributed by atoms with Gasteiger partial charge in [0.05, 0.1) is 17.4 Å². The van der Waals surface area contributed by atoms with Crippen LogP contribution in [0.2, 0.25) is 0 Å². The fourth-order valence-corrected chi connectivity index (χ4v) is 4.08. The van der Waals surface area contributed by atoms with Gasteiger partial charge in [-0.3, -0.25) is 0 Å². The zero-order chi connectivity index (χ0) is 16.6. The Bertz CT molecular complexity index is 1030. The molecular weight excluding hydrogens is 328 g/mol. The maximum absolute atomic E-state index is 4.72. The highest BCUT2D eigenvalue weighted by Gasteiger charge is 2.29. The summed E-state index contributed by atoms with van der Waals surface area (Å²) in [7, 11) is 0. The molecule has 0 atom stereocenters. The average Bonchev–Trinajstić information content (AvgIpc) is 3.43. The minimum Gasteiger partial charge on any atom is -0.316 e. The van der Waals surface area contributed by atoms with Gasteiger partial charge in [0.1, 0.15) is 11.4 Å². The third-order valence-corrected chi connectivity index (χ3v) is 5.44. The SMILES string of the molecule is c1ccc(-c2cnc(Sc3ncnc4ccccc34)n2C2CC2)cc1. The van der Waals surface area contributed by atoms with Gasteiger partial charge in [-0.1, -0.05) is 48.5 Å². The number of rotatable bonds is 4. The summed E-state index contributed by atoms with van der Waals surface area (Å²) < 4.78 is 2.37. The van der Waals surface area contributed by atoms with Crippen LogP contribution in [0.4, 0.5) is 0 Å². The van der Waals surface area contributed by atoms with Crippen molar-refractivity contribution in [1.29, 1.82) is 0 Å². The molecule has 2 heterocycles. The van der Waals surface area contributed by atoms with Gasteiger partial charge in [0.25, 0.3) is 0 Å². The molecule has 4 nitrogen and oxygen atoms in total. The van der Waals surface area contributed by atoms with Gasteiger partial charge < -0.3 is 4.57 Å². The Morgan fingerprint density at radius 3 is 2.52 bits per heavy atom. The lowest BCUT2D eigenvalue weighted by Crippen LogP contribution is -1.99. The van der Waals surface area contributed by atoms with Crippen LogP contribution in [0, 0.1) is 0 Å². The first-order valence-electron chi connectivity index (χ1n) is 8.40. The van der Waals surface area contributed by atoms with Crippen molar-refractivity contribution in [3.8, 4) is 11.3 Å². The number of imidazole rings is 1. The molecule has 5 heteroatoms. The van der Waals surface area contributed by atoms with E-state index in [9.17, 15) is 0 Å². The predicted molar refractivity (Wildman–Crippen MR) is 99.6 cm³/mol. The Balaban J connectivity index is 1.60. The van der Waals surface area contributed by atoms with Gasteiger partial charge in [0, 0.05) is 11.4 Å². The van der Waals surface area contributed by atoms with Crippen molar-refractivity contribution in [3.05, 3.63) is 67.1 Å². The van der Waals surface area contributed by atoms with Crippen molar-refractivity contribution in [2.24, 2.45) is 0 Å². The average molecular weight is 344 g/mol. The molecule has 0 N–H and O–H groups in total. The molecule has 0 amide bonds. The Labute approximate surface area is 150 Å². The number of hydrogen-bond acceptors (Lipinski definition) is 4. The Morgan fingerprint density at radius 2 is 1.68 bits per heavy atom. The third kappa shape index (κ3) is 2.70. The maximum atomic E-state index is 4.72. The van der Waals surface area contributed by atoms with E-state index in [1.54, 1.807) is 18.1 Å². The van der Waals surface area contributed by atoms with E-state index in [4.69, 9.17) is 4.98 Å². The number of benzene rings is 2. The molecule has 0 saturated heterocycles. The van der Waals surface area contributed by atoms with Crippen molar-refractivity contribution in [3.63, 3.8) is 0 Å². The van der Waals surface area contributed by atoms with Crippen LogP contribution in [0.1, 0.15) is 18.9 Å². The van der Waals surface area contributed by atoms with E-state index in [0.29, 0.717) is 6.04 Å². The van der Waals surface area contributed by atoms with Crippen LogP contribution in [0.3, 0.4) is 0 Å². The monoisotopic (exact) mass is 344 g/mol. The fraction of sp³-hybridized carbons (Fsp3) is 0.150. The van der Waals surface area contributed by atoms with E-state index in [1.165, 1.54) is 24.1 Å². The second-order valence-corrected chi connectivity index (χ2v) is 7.15. The molecule has 25 heavy (non-hydrogen) atoms. The second kappa shape index (κ2) is 6.01. The van der Waals surface area contributed by atoms with E-state index in [2.05, 4.69) is 44.9 Å². The minimum atomic E-state index is 0.549. The van der Waals surface area contributed by atoms with Crippen LogP contribution in [-0.4, -0.2) is 19.5 Å².